The Morgan fingerprint density at radius 1 is 1.33 bits per heavy atom. The number of hydrogen-bond donors (Lipinski definition) is 3. The molecule has 4 heteroatoms. The fourth-order valence-electron chi connectivity index (χ4n) is 2.69. The topological polar surface area (TPSA) is 60.7 Å². The molecule has 1 aromatic heterocycles. The van der Waals surface area contributed by atoms with E-state index in [2.05, 4.69) is 22.2 Å². The van der Waals surface area contributed by atoms with Crippen molar-refractivity contribution in [3.8, 4) is 0 Å². The number of rotatable bonds is 4. The number of nitrogens with one attached hydrogen (secondary N) is 3. The minimum absolute atomic E-state index is 0.148. The SMILES string of the molecule is CC(CC1CCC1)Nc1ccc2[nH]c(=O)[nH]c2c1. The molecule has 4 nitrogen and oxygen atoms in total. The zero-order valence-corrected chi connectivity index (χ0v) is 10.6. The lowest BCUT2D eigenvalue weighted by molar-refractivity contribution is 0.286. The van der Waals surface area contributed by atoms with Crippen LogP contribution in [0.2, 0.25) is 0 Å². The number of fused-ring (bicyclic) bond motifs is 1. The lowest BCUT2D eigenvalue weighted by atomic mass is 9.81. The van der Waals surface area contributed by atoms with Gasteiger partial charge in [0.05, 0.1) is 11.0 Å². The molecular formula is C14H19N3O. The number of aromatic nitrogens is 2. The van der Waals surface area contributed by atoms with E-state index in [0.29, 0.717) is 6.04 Å². The Kier molecular flexibility index (Phi) is 2.86. The summed E-state index contributed by atoms with van der Waals surface area (Å²) in [6.45, 7) is 2.22. The Morgan fingerprint density at radius 2 is 2.11 bits per heavy atom. The molecule has 18 heavy (non-hydrogen) atoms. The van der Waals surface area contributed by atoms with Gasteiger partial charge in [0.2, 0.25) is 0 Å². The maximum atomic E-state index is 11.2. The summed E-state index contributed by atoms with van der Waals surface area (Å²) in [6, 6.07) is 6.43. The van der Waals surface area contributed by atoms with Crippen molar-refractivity contribution in [1.82, 2.24) is 9.97 Å². The third-order valence-corrected chi connectivity index (χ3v) is 3.84. The summed E-state index contributed by atoms with van der Waals surface area (Å²) >= 11 is 0. The maximum absolute atomic E-state index is 11.2. The maximum Gasteiger partial charge on any atom is 0.323 e. The van der Waals surface area contributed by atoms with Gasteiger partial charge >= 0.3 is 5.69 Å². The van der Waals surface area contributed by atoms with Gasteiger partial charge in [-0.25, -0.2) is 4.79 Å². The summed E-state index contributed by atoms with van der Waals surface area (Å²) < 4.78 is 0. The molecule has 0 spiro atoms. The van der Waals surface area contributed by atoms with Crippen molar-refractivity contribution in [2.24, 2.45) is 5.92 Å². The van der Waals surface area contributed by atoms with E-state index in [1.165, 1.54) is 25.7 Å². The Balaban J connectivity index is 1.71. The molecule has 0 radical (unpaired) electrons. The van der Waals surface area contributed by atoms with E-state index in [0.717, 1.165) is 22.6 Å². The van der Waals surface area contributed by atoms with E-state index >= 15 is 0 Å². The van der Waals surface area contributed by atoms with Gasteiger partial charge in [0.25, 0.3) is 0 Å². The molecule has 1 aromatic carbocycles. The molecule has 1 heterocycles. The second kappa shape index (κ2) is 4.52. The van der Waals surface area contributed by atoms with Crippen LogP contribution in [0.15, 0.2) is 23.0 Å². The van der Waals surface area contributed by atoms with Crippen molar-refractivity contribution in [3.63, 3.8) is 0 Å². The molecule has 1 aliphatic rings. The molecule has 1 atom stereocenters. The van der Waals surface area contributed by atoms with E-state index in [1.807, 2.05) is 18.2 Å². The van der Waals surface area contributed by atoms with Crippen LogP contribution in [0.3, 0.4) is 0 Å². The van der Waals surface area contributed by atoms with Crippen LogP contribution < -0.4 is 11.0 Å². The smallest absolute Gasteiger partial charge is 0.323 e. The fourth-order valence-corrected chi connectivity index (χ4v) is 2.69. The van der Waals surface area contributed by atoms with Crippen molar-refractivity contribution in [2.75, 3.05) is 5.32 Å². The van der Waals surface area contributed by atoms with Crippen LogP contribution in [0.5, 0.6) is 0 Å². The van der Waals surface area contributed by atoms with Crippen molar-refractivity contribution >= 4 is 16.7 Å². The van der Waals surface area contributed by atoms with Crippen molar-refractivity contribution < 1.29 is 0 Å². The Bertz CT molecular complexity index is 594. The number of aromatic amines is 2. The lowest BCUT2D eigenvalue weighted by Gasteiger charge is -2.28. The number of anilines is 1. The largest absolute Gasteiger partial charge is 0.383 e. The van der Waals surface area contributed by atoms with Crippen LogP contribution in [0.1, 0.15) is 32.6 Å². The second-order valence-electron chi connectivity index (χ2n) is 5.42. The van der Waals surface area contributed by atoms with Gasteiger partial charge in [-0.1, -0.05) is 19.3 Å². The molecule has 96 valence electrons. The third-order valence-electron chi connectivity index (χ3n) is 3.84. The molecule has 1 fully saturated rings. The zero-order valence-electron chi connectivity index (χ0n) is 10.6. The van der Waals surface area contributed by atoms with Crippen LogP contribution in [0.4, 0.5) is 5.69 Å². The highest BCUT2D eigenvalue weighted by molar-refractivity contribution is 5.78. The van der Waals surface area contributed by atoms with E-state index in [1.54, 1.807) is 0 Å². The summed E-state index contributed by atoms with van der Waals surface area (Å²) in [5.41, 5.74) is 2.65. The van der Waals surface area contributed by atoms with E-state index in [-0.39, 0.29) is 5.69 Å². The van der Waals surface area contributed by atoms with Crippen molar-refractivity contribution in [3.05, 3.63) is 28.7 Å². The second-order valence-corrected chi connectivity index (χ2v) is 5.42. The van der Waals surface area contributed by atoms with E-state index in [9.17, 15) is 4.79 Å². The van der Waals surface area contributed by atoms with Gasteiger partial charge in [0, 0.05) is 11.7 Å². The van der Waals surface area contributed by atoms with Crippen molar-refractivity contribution in [1.29, 1.82) is 0 Å². The molecule has 0 amide bonds. The molecule has 0 bridgehead atoms. The number of hydrogen-bond acceptors (Lipinski definition) is 2. The Morgan fingerprint density at radius 3 is 2.83 bits per heavy atom. The van der Waals surface area contributed by atoms with Gasteiger partial charge in [0.15, 0.2) is 0 Å². The molecule has 0 aliphatic heterocycles. The minimum Gasteiger partial charge on any atom is -0.383 e. The zero-order chi connectivity index (χ0) is 12.5. The van der Waals surface area contributed by atoms with E-state index in [4.69, 9.17) is 0 Å². The minimum atomic E-state index is -0.148. The molecule has 3 N–H and O–H groups in total. The first-order valence-electron chi connectivity index (χ1n) is 6.69. The number of H-pyrrole nitrogens is 2. The predicted molar refractivity (Wildman–Crippen MR) is 74.0 cm³/mol. The highest BCUT2D eigenvalue weighted by Gasteiger charge is 2.19. The highest BCUT2D eigenvalue weighted by Crippen LogP contribution is 2.31. The van der Waals surface area contributed by atoms with Crippen LogP contribution in [0, 0.1) is 5.92 Å². The van der Waals surface area contributed by atoms with Gasteiger partial charge in [-0.2, -0.15) is 0 Å². The number of benzene rings is 1. The molecule has 3 rings (SSSR count). The third kappa shape index (κ3) is 2.28. The average molecular weight is 245 g/mol. The molecule has 2 aromatic rings. The molecule has 1 unspecified atom stereocenters. The lowest BCUT2D eigenvalue weighted by Crippen LogP contribution is -2.23. The van der Waals surface area contributed by atoms with Gasteiger partial charge in [-0.3, -0.25) is 0 Å². The van der Waals surface area contributed by atoms with Gasteiger partial charge in [-0.05, 0) is 37.5 Å². The van der Waals surface area contributed by atoms with Crippen LogP contribution in [-0.4, -0.2) is 16.0 Å². The summed E-state index contributed by atoms with van der Waals surface area (Å²) in [6.07, 6.45) is 5.40. The van der Waals surface area contributed by atoms with E-state index < -0.39 is 0 Å². The first kappa shape index (κ1) is 11.4. The monoisotopic (exact) mass is 245 g/mol. The van der Waals surface area contributed by atoms with Gasteiger partial charge in [-0.15, -0.1) is 0 Å². The molecular weight excluding hydrogens is 226 g/mol. The Hall–Kier alpha value is -1.71. The molecule has 0 saturated heterocycles. The summed E-state index contributed by atoms with van der Waals surface area (Å²) in [5.74, 6) is 0.906. The van der Waals surface area contributed by atoms with Gasteiger partial charge < -0.3 is 15.3 Å². The van der Waals surface area contributed by atoms with Crippen LogP contribution in [0.25, 0.3) is 11.0 Å². The first-order valence-corrected chi connectivity index (χ1v) is 6.69. The highest BCUT2D eigenvalue weighted by atomic mass is 16.1. The summed E-state index contributed by atoms with van der Waals surface area (Å²) in [4.78, 5) is 16.7. The summed E-state index contributed by atoms with van der Waals surface area (Å²) in [7, 11) is 0. The standard InChI is InChI=1S/C14H19N3O/c1-9(7-10-3-2-4-10)15-11-5-6-12-13(8-11)17-14(18)16-12/h5-6,8-10,15H,2-4,7H2,1H3,(H2,16,17,18). The summed E-state index contributed by atoms with van der Waals surface area (Å²) in [5, 5.41) is 3.51. The quantitative estimate of drug-likeness (QED) is 0.775. The normalized spacial score (nSPS) is 17.6. The van der Waals surface area contributed by atoms with Gasteiger partial charge in [0.1, 0.15) is 0 Å². The Labute approximate surface area is 106 Å². The van der Waals surface area contributed by atoms with Crippen molar-refractivity contribution in [2.45, 2.75) is 38.6 Å². The average Bonchev–Trinajstić information content (AvgIpc) is 2.63. The fraction of sp³-hybridized carbons (Fsp3) is 0.500. The molecule has 1 saturated carbocycles. The number of imidazole rings is 1. The van der Waals surface area contributed by atoms with Crippen LogP contribution in [-0.2, 0) is 0 Å². The predicted octanol–water partition coefficient (Wildman–Crippen LogP) is 2.85. The first-order chi connectivity index (χ1) is 8.70. The molecule has 1 aliphatic carbocycles. The van der Waals surface area contributed by atoms with Crippen LogP contribution >= 0.6 is 0 Å².